The molecule has 0 aliphatic carbocycles. The molecule has 0 saturated carbocycles. The van der Waals surface area contributed by atoms with E-state index in [9.17, 15) is 0 Å². The molecule has 0 aromatic heterocycles. The van der Waals surface area contributed by atoms with Crippen molar-refractivity contribution in [3.8, 4) is 0 Å². The highest BCUT2D eigenvalue weighted by Crippen LogP contribution is 2.21. The van der Waals surface area contributed by atoms with Gasteiger partial charge in [-0.25, -0.2) is 0 Å². The Morgan fingerprint density at radius 1 is 1.17 bits per heavy atom. The van der Waals surface area contributed by atoms with Crippen molar-refractivity contribution in [1.29, 1.82) is 0 Å². The van der Waals surface area contributed by atoms with Crippen molar-refractivity contribution in [3.05, 3.63) is 35.4 Å². The Hall–Kier alpha value is -0.860. The molecule has 0 unspecified atom stereocenters. The molecule has 18 heavy (non-hydrogen) atoms. The summed E-state index contributed by atoms with van der Waals surface area (Å²) < 4.78 is 5.42. The van der Waals surface area contributed by atoms with Crippen LogP contribution < -0.4 is 5.32 Å². The molecule has 2 heteroatoms. The lowest BCUT2D eigenvalue weighted by Crippen LogP contribution is -2.46. The van der Waals surface area contributed by atoms with Crippen LogP contribution in [0.2, 0.25) is 0 Å². The summed E-state index contributed by atoms with van der Waals surface area (Å²) in [6, 6.07) is 8.97. The van der Waals surface area contributed by atoms with Crippen LogP contribution in [0.3, 0.4) is 0 Å². The van der Waals surface area contributed by atoms with Gasteiger partial charge in [0.2, 0.25) is 0 Å². The summed E-state index contributed by atoms with van der Waals surface area (Å²) >= 11 is 0. The third-order valence-corrected chi connectivity index (χ3v) is 3.96. The molecule has 0 atom stereocenters. The molecule has 100 valence electrons. The van der Waals surface area contributed by atoms with Crippen molar-refractivity contribution in [3.63, 3.8) is 0 Å². The maximum absolute atomic E-state index is 5.42. The Morgan fingerprint density at radius 2 is 1.78 bits per heavy atom. The molecular weight excluding hydrogens is 222 g/mol. The first-order chi connectivity index (χ1) is 8.59. The van der Waals surface area contributed by atoms with E-state index in [1.54, 1.807) is 0 Å². The summed E-state index contributed by atoms with van der Waals surface area (Å²) in [7, 11) is 0. The maximum Gasteiger partial charge on any atom is 0.0483 e. The summed E-state index contributed by atoms with van der Waals surface area (Å²) in [5.74, 6) is 0.611. The Balaban J connectivity index is 1.89. The van der Waals surface area contributed by atoms with E-state index >= 15 is 0 Å². The lowest BCUT2D eigenvalue weighted by molar-refractivity contribution is 0.0446. The number of rotatable bonds is 4. The minimum absolute atomic E-state index is 0.245. The summed E-state index contributed by atoms with van der Waals surface area (Å²) in [6.45, 7) is 9.49. The fraction of sp³-hybridized carbons (Fsp3) is 0.625. The molecule has 1 aromatic carbocycles. The van der Waals surface area contributed by atoms with Crippen molar-refractivity contribution in [2.75, 3.05) is 13.2 Å². The molecule has 1 aliphatic heterocycles. The lowest BCUT2D eigenvalue weighted by atomic mass is 9.92. The predicted molar refractivity (Wildman–Crippen MR) is 75.8 cm³/mol. The quantitative estimate of drug-likeness (QED) is 0.879. The first kappa shape index (κ1) is 13.6. The molecule has 1 aliphatic rings. The van der Waals surface area contributed by atoms with E-state index < -0.39 is 0 Å². The van der Waals surface area contributed by atoms with E-state index in [0.29, 0.717) is 5.92 Å². The highest BCUT2D eigenvalue weighted by Gasteiger charge is 2.26. The fourth-order valence-electron chi connectivity index (χ4n) is 2.33. The minimum Gasteiger partial charge on any atom is -0.381 e. The average molecular weight is 247 g/mol. The molecule has 2 nitrogen and oxygen atoms in total. The van der Waals surface area contributed by atoms with Crippen LogP contribution in [0.4, 0.5) is 0 Å². The summed E-state index contributed by atoms with van der Waals surface area (Å²) in [4.78, 5) is 0. The van der Waals surface area contributed by atoms with Crippen LogP contribution in [0.15, 0.2) is 24.3 Å². The van der Waals surface area contributed by atoms with Crippen molar-refractivity contribution in [2.24, 2.45) is 0 Å². The number of nitrogens with one attached hydrogen (secondary N) is 1. The molecule has 0 radical (unpaired) electrons. The van der Waals surface area contributed by atoms with Crippen LogP contribution in [0.1, 0.15) is 50.7 Å². The normalized spacial score (nSPS) is 19.1. The fourth-order valence-corrected chi connectivity index (χ4v) is 2.33. The number of hydrogen-bond donors (Lipinski definition) is 1. The predicted octanol–water partition coefficient (Wildman–Crippen LogP) is 3.47. The van der Waals surface area contributed by atoms with Crippen LogP contribution in [0.5, 0.6) is 0 Å². The summed E-state index contributed by atoms with van der Waals surface area (Å²) in [5, 5.41) is 3.68. The number of benzene rings is 1. The Morgan fingerprint density at radius 3 is 2.33 bits per heavy atom. The number of hydrogen-bond acceptors (Lipinski definition) is 2. The van der Waals surface area contributed by atoms with Crippen molar-refractivity contribution in [2.45, 2.75) is 51.6 Å². The van der Waals surface area contributed by atoms with Gasteiger partial charge in [-0.2, -0.15) is 0 Å². The highest BCUT2D eigenvalue weighted by molar-refractivity contribution is 5.24. The Kier molecular flexibility index (Phi) is 4.41. The average Bonchev–Trinajstić information content (AvgIpc) is 2.38. The molecular formula is C16H25NO. The van der Waals surface area contributed by atoms with E-state index in [0.717, 1.165) is 32.6 Å². The molecule has 0 bridgehead atoms. The second-order valence-corrected chi connectivity index (χ2v) is 5.92. The van der Waals surface area contributed by atoms with E-state index in [4.69, 9.17) is 4.74 Å². The molecule has 1 heterocycles. The van der Waals surface area contributed by atoms with Gasteiger partial charge in [0, 0.05) is 25.3 Å². The third-order valence-electron chi connectivity index (χ3n) is 3.96. The zero-order valence-electron chi connectivity index (χ0n) is 11.8. The minimum atomic E-state index is 0.245. The Bertz CT molecular complexity index is 363. The van der Waals surface area contributed by atoms with Crippen LogP contribution in [0, 0.1) is 0 Å². The second-order valence-electron chi connectivity index (χ2n) is 5.92. The zero-order valence-corrected chi connectivity index (χ0v) is 11.8. The molecule has 1 aromatic rings. The number of ether oxygens (including phenoxy) is 1. The summed E-state index contributed by atoms with van der Waals surface area (Å²) in [6.07, 6.45) is 2.22. The zero-order chi connectivity index (χ0) is 13.0. The van der Waals surface area contributed by atoms with Gasteiger partial charge in [-0.15, -0.1) is 0 Å². The first-order valence-corrected chi connectivity index (χ1v) is 7.01. The third kappa shape index (κ3) is 3.56. The first-order valence-electron chi connectivity index (χ1n) is 7.01. The lowest BCUT2D eigenvalue weighted by Gasteiger charge is -2.34. The molecule has 0 spiro atoms. The Labute approximate surface area is 111 Å². The van der Waals surface area contributed by atoms with Gasteiger partial charge in [-0.3, -0.25) is 0 Å². The van der Waals surface area contributed by atoms with Gasteiger partial charge < -0.3 is 10.1 Å². The SMILES string of the molecule is CC(C)c1ccc(CNC2(C)CCOCC2)cc1. The topological polar surface area (TPSA) is 21.3 Å². The van der Waals surface area contributed by atoms with Crippen molar-refractivity contribution in [1.82, 2.24) is 5.32 Å². The monoisotopic (exact) mass is 247 g/mol. The van der Waals surface area contributed by atoms with Crippen LogP contribution in [-0.4, -0.2) is 18.8 Å². The van der Waals surface area contributed by atoms with Gasteiger partial charge in [0.15, 0.2) is 0 Å². The molecule has 0 amide bonds. The second kappa shape index (κ2) is 5.85. The largest absolute Gasteiger partial charge is 0.381 e. The van der Waals surface area contributed by atoms with Crippen LogP contribution >= 0.6 is 0 Å². The molecule has 1 fully saturated rings. The van der Waals surface area contributed by atoms with Gasteiger partial charge in [0.05, 0.1) is 0 Å². The van der Waals surface area contributed by atoms with Gasteiger partial charge >= 0.3 is 0 Å². The van der Waals surface area contributed by atoms with E-state index in [1.165, 1.54) is 11.1 Å². The molecule has 1 saturated heterocycles. The van der Waals surface area contributed by atoms with E-state index in [2.05, 4.69) is 50.4 Å². The van der Waals surface area contributed by atoms with E-state index in [1.807, 2.05) is 0 Å². The van der Waals surface area contributed by atoms with Crippen molar-refractivity contribution < 1.29 is 4.74 Å². The van der Waals surface area contributed by atoms with Gasteiger partial charge in [0.25, 0.3) is 0 Å². The molecule has 2 rings (SSSR count). The maximum atomic E-state index is 5.42. The highest BCUT2D eigenvalue weighted by atomic mass is 16.5. The van der Waals surface area contributed by atoms with Gasteiger partial charge in [0.1, 0.15) is 0 Å². The molecule has 1 N–H and O–H groups in total. The van der Waals surface area contributed by atoms with Crippen LogP contribution in [-0.2, 0) is 11.3 Å². The van der Waals surface area contributed by atoms with Gasteiger partial charge in [-0.05, 0) is 36.8 Å². The summed E-state index contributed by atoms with van der Waals surface area (Å²) in [5.41, 5.74) is 3.03. The van der Waals surface area contributed by atoms with Crippen LogP contribution in [0.25, 0.3) is 0 Å². The standard InChI is InChI=1S/C16H25NO/c1-13(2)15-6-4-14(5-7-15)12-17-16(3)8-10-18-11-9-16/h4-7,13,17H,8-12H2,1-3H3. The van der Waals surface area contributed by atoms with Gasteiger partial charge in [-0.1, -0.05) is 38.1 Å². The smallest absolute Gasteiger partial charge is 0.0483 e. The van der Waals surface area contributed by atoms with E-state index in [-0.39, 0.29) is 5.54 Å². The van der Waals surface area contributed by atoms with Crippen molar-refractivity contribution >= 4 is 0 Å².